The van der Waals surface area contributed by atoms with Gasteiger partial charge in [0.05, 0.1) is 18.1 Å². The molecule has 0 bridgehead atoms. The predicted molar refractivity (Wildman–Crippen MR) is 102 cm³/mol. The molecule has 8 nitrogen and oxygen atoms in total. The Kier molecular flexibility index (Phi) is 7.88. The molecule has 2 N–H and O–H groups in total. The molecular formula is C18H29N3O5S. The number of hydrogen-bond donors (Lipinski definition) is 1. The van der Waals surface area contributed by atoms with Crippen LogP contribution >= 0.6 is 0 Å². The van der Waals surface area contributed by atoms with Crippen LogP contribution in [0.15, 0.2) is 23.1 Å². The summed E-state index contributed by atoms with van der Waals surface area (Å²) in [5.74, 6) is 0.960. The largest absolute Gasteiger partial charge is 0.490 e. The molecule has 1 saturated heterocycles. The van der Waals surface area contributed by atoms with Gasteiger partial charge in [-0.2, -0.15) is 4.31 Å². The molecule has 2 rings (SSSR count). The number of nitrogens with two attached hydrogens (primary N) is 1. The Morgan fingerprint density at radius 1 is 1.07 bits per heavy atom. The first-order valence-electron chi connectivity index (χ1n) is 9.31. The third kappa shape index (κ3) is 5.33. The molecule has 1 aliphatic heterocycles. The van der Waals surface area contributed by atoms with E-state index >= 15 is 0 Å². The number of amides is 1. The minimum absolute atomic E-state index is 0.0252. The van der Waals surface area contributed by atoms with Crippen molar-refractivity contribution >= 4 is 15.9 Å². The molecule has 0 spiro atoms. The van der Waals surface area contributed by atoms with E-state index in [1.54, 1.807) is 11.0 Å². The monoisotopic (exact) mass is 399 g/mol. The maximum atomic E-state index is 13.0. The van der Waals surface area contributed by atoms with E-state index in [4.69, 9.17) is 15.2 Å². The second-order valence-electron chi connectivity index (χ2n) is 6.15. The molecule has 1 aliphatic rings. The van der Waals surface area contributed by atoms with Crippen LogP contribution in [0.1, 0.15) is 26.7 Å². The van der Waals surface area contributed by atoms with Gasteiger partial charge in [-0.3, -0.25) is 4.79 Å². The van der Waals surface area contributed by atoms with Crippen molar-refractivity contribution in [2.45, 2.75) is 31.6 Å². The van der Waals surface area contributed by atoms with Crippen molar-refractivity contribution in [1.82, 2.24) is 9.21 Å². The zero-order chi connectivity index (χ0) is 19.9. The molecule has 0 unspecified atom stereocenters. The molecule has 0 radical (unpaired) electrons. The summed E-state index contributed by atoms with van der Waals surface area (Å²) in [5, 5.41) is 0. The average molecular weight is 400 g/mol. The van der Waals surface area contributed by atoms with E-state index in [0.717, 1.165) is 0 Å². The van der Waals surface area contributed by atoms with Gasteiger partial charge in [0.1, 0.15) is 0 Å². The summed E-state index contributed by atoms with van der Waals surface area (Å²) in [6, 6.07) is 4.65. The number of sulfonamides is 1. The minimum atomic E-state index is -3.66. The second-order valence-corrected chi connectivity index (χ2v) is 8.09. The van der Waals surface area contributed by atoms with E-state index in [1.165, 1.54) is 16.4 Å². The Hall–Kier alpha value is -1.84. The van der Waals surface area contributed by atoms with Crippen molar-refractivity contribution in [2.24, 2.45) is 5.73 Å². The minimum Gasteiger partial charge on any atom is -0.490 e. The van der Waals surface area contributed by atoms with Gasteiger partial charge in [-0.15, -0.1) is 0 Å². The molecule has 1 heterocycles. The van der Waals surface area contributed by atoms with E-state index in [2.05, 4.69) is 0 Å². The van der Waals surface area contributed by atoms with Crippen LogP contribution in [0.5, 0.6) is 11.5 Å². The number of benzene rings is 1. The Labute approximate surface area is 161 Å². The topological polar surface area (TPSA) is 102 Å². The summed E-state index contributed by atoms with van der Waals surface area (Å²) >= 11 is 0. The van der Waals surface area contributed by atoms with Crippen LogP contribution in [0.3, 0.4) is 0 Å². The first-order chi connectivity index (χ1) is 12.9. The fourth-order valence-corrected chi connectivity index (χ4v) is 4.37. The zero-order valence-electron chi connectivity index (χ0n) is 16.0. The van der Waals surface area contributed by atoms with Crippen molar-refractivity contribution in [3.05, 3.63) is 18.2 Å². The fraction of sp³-hybridized carbons (Fsp3) is 0.611. The lowest BCUT2D eigenvalue weighted by atomic mass is 10.2. The molecule has 0 atom stereocenters. The standard InChI is InChI=1S/C18H29N3O5S/c1-3-25-16-8-7-15(14-17(16)26-4-2)27(23,24)21-12-10-20(11-13-21)18(22)6-5-9-19/h7-8,14H,3-6,9-13,19H2,1-2H3. The van der Waals surface area contributed by atoms with Gasteiger partial charge in [0, 0.05) is 38.7 Å². The number of hydrogen-bond acceptors (Lipinski definition) is 6. The van der Waals surface area contributed by atoms with Crippen LogP contribution in [0, 0.1) is 0 Å². The summed E-state index contributed by atoms with van der Waals surface area (Å²) in [4.78, 5) is 13.9. The Morgan fingerprint density at radius 2 is 1.70 bits per heavy atom. The SMILES string of the molecule is CCOc1ccc(S(=O)(=O)N2CCN(C(=O)CCCN)CC2)cc1OCC. The van der Waals surface area contributed by atoms with Crippen LogP contribution in [-0.4, -0.2) is 69.5 Å². The van der Waals surface area contributed by atoms with E-state index in [1.807, 2.05) is 13.8 Å². The summed E-state index contributed by atoms with van der Waals surface area (Å²) in [5.41, 5.74) is 5.44. The number of piperazine rings is 1. The van der Waals surface area contributed by atoms with Gasteiger partial charge in [-0.1, -0.05) is 0 Å². The third-order valence-electron chi connectivity index (χ3n) is 4.34. The Morgan fingerprint density at radius 3 is 2.30 bits per heavy atom. The van der Waals surface area contributed by atoms with Crippen LogP contribution in [0.25, 0.3) is 0 Å². The quantitative estimate of drug-likeness (QED) is 0.666. The highest BCUT2D eigenvalue weighted by Crippen LogP contribution is 2.31. The second kappa shape index (κ2) is 9.91. The third-order valence-corrected chi connectivity index (χ3v) is 6.23. The summed E-state index contributed by atoms with van der Waals surface area (Å²) in [7, 11) is -3.66. The van der Waals surface area contributed by atoms with Crippen molar-refractivity contribution in [2.75, 3.05) is 45.9 Å². The zero-order valence-corrected chi connectivity index (χ0v) is 16.8. The highest BCUT2D eigenvalue weighted by atomic mass is 32.2. The summed E-state index contributed by atoms with van der Waals surface area (Å²) in [6.45, 7) is 6.35. The Bertz CT molecular complexity index is 731. The molecule has 1 amide bonds. The normalized spacial score (nSPS) is 15.6. The molecule has 0 aromatic heterocycles. The van der Waals surface area contributed by atoms with Gasteiger partial charge in [-0.25, -0.2) is 8.42 Å². The number of ether oxygens (including phenoxy) is 2. The molecule has 9 heteroatoms. The molecule has 152 valence electrons. The van der Waals surface area contributed by atoms with Crippen molar-refractivity contribution in [3.8, 4) is 11.5 Å². The van der Waals surface area contributed by atoms with Crippen LogP contribution < -0.4 is 15.2 Å². The lowest BCUT2D eigenvalue weighted by molar-refractivity contribution is -0.132. The maximum absolute atomic E-state index is 13.0. The van der Waals surface area contributed by atoms with Crippen molar-refractivity contribution < 1.29 is 22.7 Å². The van der Waals surface area contributed by atoms with Gasteiger partial charge in [0.2, 0.25) is 15.9 Å². The molecule has 27 heavy (non-hydrogen) atoms. The number of rotatable bonds is 9. The first-order valence-corrected chi connectivity index (χ1v) is 10.8. The number of nitrogens with zero attached hydrogens (tertiary/aromatic N) is 2. The number of carbonyl (C=O) groups is 1. The van der Waals surface area contributed by atoms with E-state index < -0.39 is 10.0 Å². The van der Waals surface area contributed by atoms with Gasteiger partial charge >= 0.3 is 0 Å². The van der Waals surface area contributed by atoms with Gasteiger partial charge < -0.3 is 20.1 Å². The van der Waals surface area contributed by atoms with Crippen LogP contribution in [-0.2, 0) is 14.8 Å². The van der Waals surface area contributed by atoms with Crippen molar-refractivity contribution in [3.63, 3.8) is 0 Å². The molecule has 0 aliphatic carbocycles. The fourth-order valence-electron chi connectivity index (χ4n) is 2.93. The summed E-state index contributed by atoms with van der Waals surface area (Å²) in [6.07, 6.45) is 1.05. The lowest BCUT2D eigenvalue weighted by Crippen LogP contribution is -2.50. The smallest absolute Gasteiger partial charge is 0.243 e. The van der Waals surface area contributed by atoms with Gasteiger partial charge in [-0.05, 0) is 38.9 Å². The Balaban J connectivity index is 2.10. The van der Waals surface area contributed by atoms with Gasteiger partial charge in [0.15, 0.2) is 11.5 Å². The summed E-state index contributed by atoms with van der Waals surface area (Å²) < 4.78 is 38.4. The van der Waals surface area contributed by atoms with E-state index in [-0.39, 0.29) is 23.9 Å². The van der Waals surface area contributed by atoms with Crippen molar-refractivity contribution in [1.29, 1.82) is 0 Å². The molecule has 0 saturated carbocycles. The van der Waals surface area contributed by atoms with Gasteiger partial charge in [0.25, 0.3) is 0 Å². The molecular weight excluding hydrogens is 370 g/mol. The van der Waals surface area contributed by atoms with Crippen LogP contribution in [0.2, 0.25) is 0 Å². The maximum Gasteiger partial charge on any atom is 0.243 e. The highest BCUT2D eigenvalue weighted by molar-refractivity contribution is 7.89. The predicted octanol–water partition coefficient (Wildman–Crippen LogP) is 1.06. The van der Waals surface area contributed by atoms with E-state index in [9.17, 15) is 13.2 Å². The molecule has 1 aromatic carbocycles. The highest BCUT2D eigenvalue weighted by Gasteiger charge is 2.30. The first kappa shape index (κ1) is 21.5. The average Bonchev–Trinajstić information content (AvgIpc) is 2.67. The molecule has 1 fully saturated rings. The van der Waals surface area contributed by atoms with Crippen LogP contribution in [0.4, 0.5) is 0 Å². The number of carbonyl (C=O) groups excluding carboxylic acids is 1. The van der Waals surface area contributed by atoms with E-state index in [0.29, 0.717) is 57.2 Å². The lowest BCUT2D eigenvalue weighted by Gasteiger charge is -2.34. The molecule has 1 aromatic rings.